The molecule has 0 aliphatic carbocycles. The third-order valence-corrected chi connectivity index (χ3v) is 4.15. The van der Waals surface area contributed by atoms with Crippen LogP contribution >= 0.6 is 11.3 Å². The van der Waals surface area contributed by atoms with E-state index in [9.17, 15) is 0 Å². The second-order valence-corrected chi connectivity index (χ2v) is 5.30. The lowest BCUT2D eigenvalue weighted by molar-refractivity contribution is 0.354. The first-order chi connectivity index (χ1) is 9.69. The van der Waals surface area contributed by atoms with Gasteiger partial charge in [-0.15, -0.1) is 11.3 Å². The van der Waals surface area contributed by atoms with E-state index >= 15 is 0 Å². The zero-order valence-corrected chi connectivity index (χ0v) is 12.7. The Hall–Kier alpha value is -1.72. The molecule has 1 unspecified atom stereocenters. The van der Waals surface area contributed by atoms with E-state index in [1.54, 1.807) is 32.7 Å². The average Bonchev–Trinajstić information content (AvgIpc) is 2.95. The normalized spacial score (nSPS) is 12.0. The van der Waals surface area contributed by atoms with Crippen molar-refractivity contribution in [1.82, 2.24) is 0 Å². The maximum atomic E-state index is 6.27. The Balaban J connectivity index is 2.17. The van der Waals surface area contributed by atoms with Gasteiger partial charge in [0, 0.05) is 6.04 Å². The molecule has 1 aromatic carbocycles. The van der Waals surface area contributed by atoms with Gasteiger partial charge in [0.2, 0.25) is 0 Å². The van der Waals surface area contributed by atoms with Crippen molar-refractivity contribution in [1.29, 1.82) is 0 Å². The Kier molecular flexibility index (Phi) is 4.87. The highest BCUT2D eigenvalue weighted by atomic mass is 32.1. The van der Waals surface area contributed by atoms with Crippen LogP contribution in [0.25, 0.3) is 0 Å². The first-order valence-corrected chi connectivity index (χ1v) is 7.15. The summed E-state index contributed by atoms with van der Waals surface area (Å²) in [6, 6.07) is 7.70. The van der Waals surface area contributed by atoms with Crippen molar-refractivity contribution in [2.75, 3.05) is 21.3 Å². The number of hydrogen-bond acceptors (Lipinski definition) is 5. The zero-order valence-electron chi connectivity index (χ0n) is 11.9. The van der Waals surface area contributed by atoms with Gasteiger partial charge in [-0.05, 0) is 35.6 Å². The number of hydrogen-bond donors (Lipinski definition) is 1. The standard InChI is InChI=1S/C15H19NO3S/c1-17-12-5-4-10(9-14(12)19-3)8-11(16)15-13(18-2)6-7-20-15/h4-7,9,11H,8,16H2,1-3H3. The maximum absolute atomic E-state index is 6.27. The van der Waals surface area contributed by atoms with E-state index in [1.807, 2.05) is 29.6 Å². The van der Waals surface area contributed by atoms with Gasteiger partial charge in [0.1, 0.15) is 5.75 Å². The molecule has 1 atom stereocenters. The summed E-state index contributed by atoms with van der Waals surface area (Å²) in [5, 5.41) is 1.99. The van der Waals surface area contributed by atoms with Gasteiger partial charge in [-0.3, -0.25) is 0 Å². The molecule has 0 spiro atoms. The summed E-state index contributed by atoms with van der Waals surface area (Å²) in [5.41, 5.74) is 7.37. The highest BCUT2D eigenvalue weighted by Crippen LogP contribution is 2.33. The Morgan fingerprint density at radius 2 is 1.70 bits per heavy atom. The molecule has 0 radical (unpaired) electrons. The molecule has 2 rings (SSSR count). The third kappa shape index (κ3) is 3.05. The molecular weight excluding hydrogens is 274 g/mol. The van der Waals surface area contributed by atoms with Crippen LogP contribution in [0.1, 0.15) is 16.5 Å². The van der Waals surface area contributed by atoms with Crippen molar-refractivity contribution >= 4 is 11.3 Å². The summed E-state index contributed by atoms with van der Waals surface area (Å²) in [6.07, 6.45) is 0.719. The molecule has 4 nitrogen and oxygen atoms in total. The second kappa shape index (κ2) is 6.63. The van der Waals surface area contributed by atoms with E-state index in [1.165, 1.54) is 0 Å². The van der Waals surface area contributed by atoms with Crippen molar-refractivity contribution in [3.8, 4) is 17.2 Å². The van der Waals surface area contributed by atoms with Gasteiger partial charge in [-0.1, -0.05) is 6.07 Å². The Labute approximate surface area is 123 Å². The molecule has 0 bridgehead atoms. The first-order valence-electron chi connectivity index (χ1n) is 6.27. The summed E-state index contributed by atoms with van der Waals surface area (Å²) in [4.78, 5) is 1.06. The van der Waals surface area contributed by atoms with Gasteiger partial charge in [-0.25, -0.2) is 0 Å². The fraction of sp³-hybridized carbons (Fsp3) is 0.333. The number of thiophene rings is 1. The van der Waals surface area contributed by atoms with E-state index in [0.717, 1.165) is 34.1 Å². The summed E-state index contributed by atoms with van der Waals surface area (Å²) < 4.78 is 15.8. The van der Waals surface area contributed by atoms with Crippen LogP contribution in [0, 0.1) is 0 Å². The smallest absolute Gasteiger partial charge is 0.160 e. The zero-order chi connectivity index (χ0) is 14.5. The van der Waals surface area contributed by atoms with Crippen molar-refractivity contribution < 1.29 is 14.2 Å². The van der Waals surface area contributed by atoms with Gasteiger partial charge in [0.15, 0.2) is 11.5 Å². The van der Waals surface area contributed by atoms with Crippen LogP contribution in [0.15, 0.2) is 29.6 Å². The number of ether oxygens (including phenoxy) is 3. The number of rotatable bonds is 6. The average molecular weight is 293 g/mol. The molecule has 108 valence electrons. The van der Waals surface area contributed by atoms with E-state index in [-0.39, 0.29) is 6.04 Å². The lowest BCUT2D eigenvalue weighted by atomic mass is 10.0. The molecule has 0 aliphatic heterocycles. The van der Waals surface area contributed by atoms with Gasteiger partial charge < -0.3 is 19.9 Å². The summed E-state index contributed by atoms with van der Waals surface area (Å²) in [7, 11) is 4.91. The lowest BCUT2D eigenvalue weighted by Gasteiger charge is -2.14. The molecule has 5 heteroatoms. The second-order valence-electron chi connectivity index (χ2n) is 4.35. The predicted molar refractivity (Wildman–Crippen MR) is 81.0 cm³/mol. The lowest BCUT2D eigenvalue weighted by Crippen LogP contribution is -2.12. The minimum Gasteiger partial charge on any atom is -0.496 e. The van der Waals surface area contributed by atoms with Crippen LogP contribution in [-0.2, 0) is 6.42 Å². The third-order valence-electron chi connectivity index (χ3n) is 3.12. The molecular formula is C15H19NO3S. The predicted octanol–water partition coefficient (Wildman–Crippen LogP) is 3.02. The quantitative estimate of drug-likeness (QED) is 0.889. The van der Waals surface area contributed by atoms with E-state index < -0.39 is 0 Å². The SMILES string of the molecule is COc1ccc(CC(N)c2sccc2OC)cc1OC. The number of nitrogens with two attached hydrogens (primary N) is 1. The van der Waals surface area contributed by atoms with Crippen LogP contribution < -0.4 is 19.9 Å². The van der Waals surface area contributed by atoms with Gasteiger partial charge in [0.05, 0.1) is 26.2 Å². The van der Waals surface area contributed by atoms with Crippen molar-refractivity contribution in [3.63, 3.8) is 0 Å². The minimum absolute atomic E-state index is 0.0944. The van der Waals surface area contributed by atoms with E-state index in [4.69, 9.17) is 19.9 Å². The molecule has 0 amide bonds. The number of methoxy groups -OCH3 is 3. The van der Waals surface area contributed by atoms with Crippen molar-refractivity contribution in [2.45, 2.75) is 12.5 Å². The monoisotopic (exact) mass is 293 g/mol. The summed E-state index contributed by atoms with van der Waals surface area (Å²) in [6.45, 7) is 0. The molecule has 0 aliphatic rings. The van der Waals surface area contributed by atoms with E-state index in [2.05, 4.69) is 0 Å². The fourth-order valence-electron chi connectivity index (χ4n) is 2.10. The molecule has 20 heavy (non-hydrogen) atoms. The van der Waals surface area contributed by atoms with Crippen LogP contribution in [0.4, 0.5) is 0 Å². The largest absolute Gasteiger partial charge is 0.496 e. The molecule has 1 heterocycles. The van der Waals surface area contributed by atoms with Gasteiger partial charge >= 0.3 is 0 Å². The molecule has 2 aromatic rings. The number of benzene rings is 1. The van der Waals surface area contributed by atoms with Crippen LogP contribution in [0.2, 0.25) is 0 Å². The Morgan fingerprint density at radius 3 is 2.35 bits per heavy atom. The van der Waals surface area contributed by atoms with Crippen molar-refractivity contribution in [2.24, 2.45) is 5.73 Å². The summed E-state index contributed by atoms with van der Waals surface area (Å²) >= 11 is 1.61. The van der Waals surface area contributed by atoms with E-state index in [0.29, 0.717) is 0 Å². The highest BCUT2D eigenvalue weighted by Gasteiger charge is 2.15. The van der Waals surface area contributed by atoms with Crippen LogP contribution in [-0.4, -0.2) is 21.3 Å². The van der Waals surface area contributed by atoms with Crippen LogP contribution in [0.3, 0.4) is 0 Å². The Morgan fingerprint density at radius 1 is 1.00 bits per heavy atom. The maximum Gasteiger partial charge on any atom is 0.160 e. The fourth-order valence-corrected chi connectivity index (χ4v) is 2.97. The molecule has 0 saturated carbocycles. The molecule has 2 N–H and O–H groups in total. The minimum atomic E-state index is -0.0944. The van der Waals surface area contributed by atoms with Crippen molar-refractivity contribution in [3.05, 3.63) is 40.1 Å². The summed E-state index contributed by atoms with van der Waals surface area (Å²) in [5.74, 6) is 2.29. The van der Waals surface area contributed by atoms with Gasteiger partial charge in [-0.2, -0.15) is 0 Å². The highest BCUT2D eigenvalue weighted by molar-refractivity contribution is 7.10. The van der Waals surface area contributed by atoms with Crippen LogP contribution in [0.5, 0.6) is 17.2 Å². The molecule has 0 saturated heterocycles. The van der Waals surface area contributed by atoms with Gasteiger partial charge in [0.25, 0.3) is 0 Å². The molecule has 0 fully saturated rings. The first kappa shape index (κ1) is 14.7. The Bertz CT molecular complexity index is 568. The topological polar surface area (TPSA) is 53.7 Å². The molecule has 1 aromatic heterocycles.